The maximum absolute atomic E-state index is 12.1. The molecule has 1 aliphatic rings. The highest BCUT2D eigenvalue weighted by atomic mass is 35.5. The van der Waals surface area contributed by atoms with Crippen molar-refractivity contribution in [2.45, 2.75) is 19.4 Å². The molecule has 1 N–H and O–H groups in total. The fourth-order valence-corrected chi connectivity index (χ4v) is 2.42. The fraction of sp³-hybridized carbons (Fsp3) is 0.533. The van der Waals surface area contributed by atoms with Gasteiger partial charge in [-0.05, 0) is 43.1 Å². The number of rotatable bonds is 5. The fourth-order valence-electron chi connectivity index (χ4n) is 2.42. The first-order valence-corrected chi connectivity index (χ1v) is 6.76. The summed E-state index contributed by atoms with van der Waals surface area (Å²) >= 11 is 0. The quantitative estimate of drug-likeness (QED) is 0.905. The van der Waals surface area contributed by atoms with E-state index in [9.17, 15) is 4.79 Å². The minimum Gasteiger partial charge on any atom is -0.497 e. The van der Waals surface area contributed by atoms with E-state index in [1.54, 1.807) is 12.0 Å². The lowest BCUT2D eigenvalue weighted by Crippen LogP contribution is -2.28. The molecule has 1 fully saturated rings. The maximum atomic E-state index is 12.1. The van der Waals surface area contributed by atoms with E-state index in [0.29, 0.717) is 18.9 Å². The molecule has 112 valence electrons. The van der Waals surface area contributed by atoms with Crippen molar-refractivity contribution in [3.63, 3.8) is 0 Å². The normalized spacial score (nSPS) is 17.4. The van der Waals surface area contributed by atoms with Gasteiger partial charge in [-0.1, -0.05) is 12.1 Å². The zero-order valence-electron chi connectivity index (χ0n) is 12.1. The molecule has 0 saturated carbocycles. The van der Waals surface area contributed by atoms with Gasteiger partial charge in [0.05, 0.1) is 7.11 Å². The Balaban J connectivity index is 0.00000200. The summed E-state index contributed by atoms with van der Waals surface area (Å²) in [6.45, 7) is 2.65. The predicted octanol–water partition coefficient (Wildman–Crippen LogP) is 2.07. The van der Waals surface area contributed by atoms with Gasteiger partial charge in [0.15, 0.2) is 0 Å². The molecule has 4 nitrogen and oxygen atoms in total. The van der Waals surface area contributed by atoms with E-state index in [0.717, 1.165) is 30.8 Å². The van der Waals surface area contributed by atoms with Crippen molar-refractivity contribution < 1.29 is 9.53 Å². The van der Waals surface area contributed by atoms with Gasteiger partial charge >= 0.3 is 0 Å². The van der Waals surface area contributed by atoms with Crippen molar-refractivity contribution in [2.24, 2.45) is 5.92 Å². The van der Waals surface area contributed by atoms with E-state index >= 15 is 0 Å². The second-order valence-electron chi connectivity index (χ2n) is 5.16. The summed E-state index contributed by atoms with van der Waals surface area (Å²) < 4.78 is 5.19. The zero-order chi connectivity index (χ0) is 13.7. The standard InChI is InChI=1S/C15H22N2O2.ClH/c1-17(15(18)9-12-6-7-16-10-12)11-13-4-3-5-14(8-13)19-2;/h3-5,8,12,16H,6-7,9-11H2,1-2H3;1H. The molecule has 0 bridgehead atoms. The average molecular weight is 299 g/mol. The number of nitrogens with zero attached hydrogens (tertiary/aromatic N) is 1. The average Bonchev–Trinajstić information content (AvgIpc) is 2.91. The van der Waals surface area contributed by atoms with Crippen LogP contribution >= 0.6 is 12.4 Å². The van der Waals surface area contributed by atoms with Gasteiger partial charge in [0.2, 0.25) is 5.91 Å². The molecule has 20 heavy (non-hydrogen) atoms. The van der Waals surface area contributed by atoms with E-state index < -0.39 is 0 Å². The number of methoxy groups -OCH3 is 1. The summed E-state index contributed by atoms with van der Waals surface area (Å²) in [5.74, 6) is 1.55. The van der Waals surface area contributed by atoms with Crippen LogP contribution in [0, 0.1) is 5.92 Å². The molecule has 1 unspecified atom stereocenters. The predicted molar refractivity (Wildman–Crippen MR) is 82.3 cm³/mol. The van der Waals surface area contributed by atoms with Crippen LogP contribution in [0.3, 0.4) is 0 Å². The molecule has 1 atom stereocenters. The van der Waals surface area contributed by atoms with Gasteiger partial charge in [-0.2, -0.15) is 0 Å². The summed E-state index contributed by atoms with van der Waals surface area (Å²) in [6.07, 6.45) is 1.76. The van der Waals surface area contributed by atoms with Gasteiger partial charge < -0.3 is 15.0 Å². The molecule has 1 aromatic carbocycles. The topological polar surface area (TPSA) is 41.6 Å². The molecule has 1 amide bonds. The van der Waals surface area contributed by atoms with E-state index in [1.165, 1.54) is 0 Å². The summed E-state index contributed by atoms with van der Waals surface area (Å²) in [6, 6.07) is 7.85. The van der Waals surface area contributed by atoms with Crippen LogP contribution in [0.25, 0.3) is 0 Å². The van der Waals surface area contributed by atoms with Gasteiger partial charge in [0, 0.05) is 20.0 Å². The van der Waals surface area contributed by atoms with Crippen molar-refractivity contribution in [2.75, 3.05) is 27.2 Å². The van der Waals surface area contributed by atoms with Crippen molar-refractivity contribution in [1.29, 1.82) is 0 Å². The van der Waals surface area contributed by atoms with E-state index in [-0.39, 0.29) is 18.3 Å². The highest BCUT2D eigenvalue weighted by Crippen LogP contribution is 2.16. The molecule has 5 heteroatoms. The van der Waals surface area contributed by atoms with Crippen LogP contribution in [-0.2, 0) is 11.3 Å². The summed E-state index contributed by atoms with van der Waals surface area (Å²) in [5.41, 5.74) is 1.10. The molecule has 1 saturated heterocycles. The lowest BCUT2D eigenvalue weighted by atomic mass is 10.0. The molecule has 1 heterocycles. The van der Waals surface area contributed by atoms with E-state index in [2.05, 4.69) is 5.32 Å². The van der Waals surface area contributed by atoms with Crippen molar-refractivity contribution in [1.82, 2.24) is 10.2 Å². The third kappa shape index (κ3) is 4.69. The highest BCUT2D eigenvalue weighted by Gasteiger charge is 2.20. The molecule has 0 radical (unpaired) electrons. The lowest BCUT2D eigenvalue weighted by molar-refractivity contribution is -0.131. The number of halogens is 1. The molecule has 0 spiro atoms. The van der Waals surface area contributed by atoms with Crippen molar-refractivity contribution >= 4 is 18.3 Å². The number of hydrogen-bond acceptors (Lipinski definition) is 3. The maximum Gasteiger partial charge on any atom is 0.222 e. The third-order valence-corrected chi connectivity index (χ3v) is 3.61. The smallest absolute Gasteiger partial charge is 0.222 e. The van der Waals surface area contributed by atoms with Crippen LogP contribution < -0.4 is 10.1 Å². The molecule has 1 aliphatic heterocycles. The first kappa shape index (κ1) is 16.8. The summed E-state index contributed by atoms with van der Waals surface area (Å²) in [5, 5.41) is 3.29. The Morgan fingerprint density at radius 1 is 1.50 bits per heavy atom. The number of carbonyl (C=O) groups is 1. The summed E-state index contributed by atoms with van der Waals surface area (Å²) in [4.78, 5) is 13.9. The van der Waals surface area contributed by atoms with Gasteiger partial charge in [0.1, 0.15) is 5.75 Å². The zero-order valence-corrected chi connectivity index (χ0v) is 12.9. The first-order chi connectivity index (χ1) is 9.19. The third-order valence-electron chi connectivity index (χ3n) is 3.61. The van der Waals surface area contributed by atoms with E-state index in [1.807, 2.05) is 31.3 Å². The molecule has 2 rings (SSSR count). The lowest BCUT2D eigenvalue weighted by Gasteiger charge is -2.19. The molecular formula is C15H23ClN2O2. The van der Waals surface area contributed by atoms with Crippen molar-refractivity contribution in [3.8, 4) is 5.75 Å². The second kappa shape index (κ2) is 8.12. The van der Waals surface area contributed by atoms with Crippen LogP contribution in [-0.4, -0.2) is 38.1 Å². The van der Waals surface area contributed by atoms with Crippen LogP contribution in [0.4, 0.5) is 0 Å². The van der Waals surface area contributed by atoms with Gasteiger partial charge in [0.25, 0.3) is 0 Å². The first-order valence-electron chi connectivity index (χ1n) is 6.76. The minimum absolute atomic E-state index is 0. The van der Waals surface area contributed by atoms with Crippen LogP contribution in [0.1, 0.15) is 18.4 Å². The number of nitrogens with one attached hydrogen (secondary N) is 1. The van der Waals surface area contributed by atoms with E-state index in [4.69, 9.17) is 4.74 Å². The van der Waals surface area contributed by atoms with Crippen molar-refractivity contribution in [3.05, 3.63) is 29.8 Å². The summed E-state index contributed by atoms with van der Waals surface area (Å²) in [7, 11) is 3.52. The van der Waals surface area contributed by atoms with Crippen LogP contribution in [0.15, 0.2) is 24.3 Å². The second-order valence-corrected chi connectivity index (χ2v) is 5.16. The largest absolute Gasteiger partial charge is 0.497 e. The highest BCUT2D eigenvalue weighted by molar-refractivity contribution is 5.85. The monoisotopic (exact) mass is 298 g/mol. The van der Waals surface area contributed by atoms with Gasteiger partial charge in [-0.3, -0.25) is 4.79 Å². The Morgan fingerprint density at radius 3 is 2.95 bits per heavy atom. The Morgan fingerprint density at radius 2 is 2.30 bits per heavy atom. The Kier molecular flexibility index (Phi) is 6.82. The van der Waals surface area contributed by atoms with Gasteiger partial charge in [-0.15, -0.1) is 12.4 Å². The number of ether oxygens (including phenoxy) is 1. The Hall–Kier alpha value is -1.26. The molecule has 0 aromatic heterocycles. The number of hydrogen-bond donors (Lipinski definition) is 1. The number of carbonyl (C=O) groups excluding carboxylic acids is 1. The SMILES string of the molecule is COc1cccc(CN(C)C(=O)CC2CCNC2)c1.Cl. The van der Waals surface area contributed by atoms with Crippen LogP contribution in [0.5, 0.6) is 5.75 Å². The minimum atomic E-state index is 0. The molecule has 1 aromatic rings. The van der Waals surface area contributed by atoms with Gasteiger partial charge in [-0.25, -0.2) is 0 Å². The molecule has 0 aliphatic carbocycles. The van der Waals surface area contributed by atoms with Crippen LogP contribution in [0.2, 0.25) is 0 Å². The Bertz CT molecular complexity index is 434. The Labute approximate surface area is 126 Å². The number of amides is 1. The number of benzene rings is 1. The molecular weight excluding hydrogens is 276 g/mol.